The van der Waals surface area contributed by atoms with Crippen molar-refractivity contribution in [2.75, 3.05) is 20.2 Å². The van der Waals surface area contributed by atoms with Gasteiger partial charge in [-0.3, -0.25) is 9.69 Å². The molecule has 0 amide bonds. The van der Waals surface area contributed by atoms with Gasteiger partial charge < -0.3 is 9.84 Å². The van der Waals surface area contributed by atoms with Crippen LogP contribution in [0.15, 0.2) is 18.2 Å². The van der Waals surface area contributed by atoms with Crippen LogP contribution in [0.3, 0.4) is 0 Å². The highest BCUT2D eigenvalue weighted by molar-refractivity contribution is 5.74. The van der Waals surface area contributed by atoms with Crippen molar-refractivity contribution in [1.82, 2.24) is 9.88 Å². The van der Waals surface area contributed by atoms with E-state index in [1.165, 1.54) is 0 Å². The van der Waals surface area contributed by atoms with Gasteiger partial charge >= 0.3 is 5.97 Å². The molecular formula is C14H20N2O3. The Balaban J connectivity index is 2.04. The summed E-state index contributed by atoms with van der Waals surface area (Å²) in [5, 5.41) is 9.30. The Hall–Kier alpha value is -1.62. The Morgan fingerprint density at radius 2 is 2.37 bits per heavy atom. The second-order valence-electron chi connectivity index (χ2n) is 5.35. The number of hydrogen-bond acceptors (Lipinski definition) is 4. The number of pyridine rings is 1. The fraction of sp³-hybridized carbons (Fsp3) is 0.571. The minimum atomic E-state index is -0.712. The number of methoxy groups -OCH3 is 1. The van der Waals surface area contributed by atoms with Gasteiger partial charge in [-0.25, -0.2) is 4.98 Å². The van der Waals surface area contributed by atoms with E-state index in [1.807, 2.05) is 19.1 Å². The van der Waals surface area contributed by atoms with Crippen LogP contribution < -0.4 is 4.74 Å². The summed E-state index contributed by atoms with van der Waals surface area (Å²) in [6.45, 7) is 3.98. The van der Waals surface area contributed by atoms with Crippen molar-refractivity contribution in [2.45, 2.75) is 26.3 Å². The average Bonchev–Trinajstić information content (AvgIpc) is 2.39. The maximum atomic E-state index is 11.3. The molecule has 5 nitrogen and oxygen atoms in total. The molecule has 104 valence electrons. The van der Waals surface area contributed by atoms with Gasteiger partial charge in [0.05, 0.1) is 18.2 Å². The predicted octanol–water partition coefficient (Wildman–Crippen LogP) is 1.78. The van der Waals surface area contributed by atoms with Crippen LogP contribution in [0.2, 0.25) is 0 Å². The van der Waals surface area contributed by atoms with Gasteiger partial charge in [0.1, 0.15) is 0 Å². The number of aliphatic carboxylic acids is 1. The van der Waals surface area contributed by atoms with Crippen molar-refractivity contribution in [3.63, 3.8) is 0 Å². The number of carbonyl (C=O) groups is 1. The number of nitrogens with zero attached hydrogens (tertiary/aromatic N) is 2. The molecule has 0 aliphatic carbocycles. The van der Waals surface area contributed by atoms with Crippen LogP contribution in [0.1, 0.15) is 25.5 Å². The average molecular weight is 264 g/mol. The Labute approximate surface area is 113 Å². The van der Waals surface area contributed by atoms with Crippen LogP contribution in [0.5, 0.6) is 5.88 Å². The van der Waals surface area contributed by atoms with E-state index < -0.39 is 11.4 Å². The van der Waals surface area contributed by atoms with Crippen LogP contribution in [-0.4, -0.2) is 41.2 Å². The molecule has 1 N–H and O–H groups in total. The zero-order valence-electron chi connectivity index (χ0n) is 11.4. The predicted molar refractivity (Wildman–Crippen MR) is 71.0 cm³/mol. The fourth-order valence-corrected chi connectivity index (χ4v) is 2.54. The number of carboxylic acids is 1. The minimum Gasteiger partial charge on any atom is -0.481 e. The number of carboxylic acid groups (broad SMARTS) is 1. The second kappa shape index (κ2) is 5.57. The summed E-state index contributed by atoms with van der Waals surface area (Å²) in [5.74, 6) is -0.119. The van der Waals surface area contributed by atoms with E-state index in [0.717, 1.165) is 25.1 Å². The lowest BCUT2D eigenvalue weighted by molar-refractivity contribution is -0.151. The lowest BCUT2D eigenvalue weighted by atomic mass is 9.82. The molecule has 1 saturated heterocycles. The Kier molecular flexibility index (Phi) is 4.04. The number of aromatic nitrogens is 1. The summed E-state index contributed by atoms with van der Waals surface area (Å²) < 4.78 is 5.10. The summed E-state index contributed by atoms with van der Waals surface area (Å²) in [7, 11) is 1.59. The molecule has 1 atom stereocenters. The maximum absolute atomic E-state index is 11.3. The van der Waals surface area contributed by atoms with Gasteiger partial charge in [0, 0.05) is 19.2 Å². The summed E-state index contributed by atoms with van der Waals surface area (Å²) in [5.41, 5.74) is 0.269. The van der Waals surface area contributed by atoms with Crippen molar-refractivity contribution in [2.24, 2.45) is 5.41 Å². The topological polar surface area (TPSA) is 62.7 Å². The summed E-state index contributed by atoms with van der Waals surface area (Å²) in [4.78, 5) is 17.8. The minimum absolute atomic E-state index is 0.571. The van der Waals surface area contributed by atoms with Gasteiger partial charge in [-0.05, 0) is 32.4 Å². The second-order valence-corrected chi connectivity index (χ2v) is 5.35. The molecule has 19 heavy (non-hydrogen) atoms. The summed E-state index contributed by atoms with van der Waals surface area (Å²) >= 11 is 0. The first-order valence-electron chi connectivity index (χ1n) is 6.49. The van der Waals surface area contributed by atoms with E-state index in [1.54, 1.807) is 13.2 Å². The van der Waals surface area contributed by atoms with E-state index in [4.69, 9.17) is 4.74 Å². The Morgan fingerprint density at radius 1 is 1.58 bits per heavy atom. The third kappa shape index (κ3) is 3.23. The first kappa shape index (κ1) is 13.8. The largest absolute Gasteiger partial charge is 0.481 e. The zero-order valence-corrected chi connectivity index (χ0v) is 11.4. The van der Waals surface area contributed by atoms with E-state index in [9.17, 15) is 9.90 Å². The molecule has 0 spiro atoms. The van der Waals surface area contributed by atoms with Crippen molar-refractivity contribution >= 4 is 5.97 Å². The first-order valence-corrected chi connectivity index (χ1v) is 6.49. The molecule has 2 rings (SSSR count). The highest BCUT2D eigenvalue weighted by Gasteiger charge is 2.37. The number of hydrogen-bond donors (Lipinski definition) is 1. The number of likely N-dealkylation sites (tertiary alicyclic amines) is 1. The molecule has 2 heterocycles. The molecule has 0 aromatic carbocycles. The normalized spacial score (nSPS) is 24.1. The SMILES string of the molecule is COc1cccc(CN2CCCC(C)(C(=O)O)C2)n1. The Morgan fingerprint density at radius 3 is 3.05 bits per heavy atom. The zero-order chi connectivity index (χ0) is 13.9. The molecule has 0 bridgehead atoms. The highest BCUT2D eigenvalue weighted by Crippen LogP contribution is 2.30. The van der Waals surface area contributed by atoms with Crippen LogP contribution in [0.4, 0.5) is 0 Å². The smallest absolute Gasteiger partial charge is 0.310 e. The number of piperidine rings is 1. The molecule has 1 unspecified atom stereocenters. The van der Waals surface area contributed by atoms with Crippen molar-refractivity contribution in [1.29, 1.82) is 0 Å². The van der Waals surface area contributed by atoms with Gasteiger partial charge in [-0.15, -0.1) is 0 Å². The van der Waals surface area contributed by atoms with Gasteiger partial charge in [-0.1, -0.05) is 6.07 Å². The molecule has 0 saturated carbocycles. The van der Waals surface area contributed by atoms with Gasteiger partial charge in [-0.2, -0.15) is 0 Å². The third-order valence-electron chi connectivity index (χ3n) is 3.67. The molecule has 0 radical (unpaired) electrons. The molecule has 1 aliphatic heterocycles. The van der Waals surface area contributed by atoms with E-state index in [-0.39, 0.29) is 0 Å². The summed E-state index contributed by atoms with van der Waals surface area (Å²) in [6, 6.07) is 5.65. The standard InChI is InChI=1S/C14H20N2O3/c1-14(13(17)18)7-4-8-16(10-14)9-11-5-3-6-12(15-11)19-2/h3,5-6H,4,7-10H2,1-2H3,(H,17,18). The van der Waals surface area contributed by atoms with Crippen LogP contribution in [-0.2, 0) is 11.3 Å². The Bertz CT molecular complexity index is 464. The summed E-state index contributed by atoms with van der Waals surface area (Å²) in [6.07, 6.45) is 1.65. The molecular weight excluding hydrogens is 244 g/mol. The molecule has 1 aromatic heterocycles. The van der Waals surface area contributed by atoms with E-state index in [2.05, 4.69) is 9.88 Å². The highest BCUT2D eigenvalue weighted by atomic mass is 16.5. The van der Waals surface area contributed by atoms with Gasteiger partial charge in [0.2, 0.25) is 5.88 Å². The van der Waals surface area contributed by atoms with Crippen LogP contribution >= 0.6 is 0 Å². The van der Waals surface area contributed by atoms with Crippen molar-refractivity contribution < 1.29 is 14.6 Å². The number of rotatable bonds is 4. The number of ether oxygens (including phenoxy) is 1. The molecule has 1 aromatic rings. The molecule has 1 fully saturated rings. The lowest BCUT2D eigenvalue weighted by Gasteiger charge is -2.37. The van der Waals surface area contributed by atoms with Crippen molar-refractivity contribution in [3.05, 3.63) is 23.9 Å². The molecule has 1 aliphatic rings. The first-order chi connectivity index (χ1) is 9.03. The monoisotopic (exact) mass is 264 g/mol. The van der Waals surface area contributed by atoms with Crippen LogP contribution in [0, 0.1) is 5.41 Å². The third-order valence-corrected chi connectivity index (χ3v) is 3.67. The quantitative estimate of drug-likeness (QED) is 0.898. The maximum Gasteiger partial charge on any atom is 0.310 e. The molecule has 5 heteroatoms. The van der Waals surface area contributed by atoms with Crippen molar-refractivity contribution in [3.8, 4) is 5.88 Å². The van der Waals surface area contributed by atoms with Gasteiger partial charge in [0.25, 0.3) is 0 Å². The van der Waals surface area contributed by atoms with Crippen LogP contribution in [0.25, 0.3) is 0 Å². The lowest BCUT2D eigenvalue weighted by Crippen LogP contribution is -2.45. The van der Waals surface area contributed by atoms with Gasteiger partial charge in [0.15, 0.2) is 0 Å². The van der Waals surface area contributed by atoms with E-state index in [0.29, 0.717) is 19.0 Å². The fourth-order valence-electron chi connectivity index (χ4n) is 2.54. The van der Waals surface area contributed by atoms with E-state index >= 15 is 0 Å².